The molecule has 0 saturated carbocycles. The number of nitrogens with zero attached hydrogens (tertiary/aromatic N) is 1. The molecule has 4 rings (SSSR count). The highest BCUT2D eigenvalue weighted by molar-refractivity contribution is 5.81. The van der Waals surface area contributed by atoms with Crippen molar-refractivity contribution in [1.82, 2.24) is 4.98 Å². The molecule has 23 heavy (non-hydrogen) atoms. The fourth-order valence-electron chi connectivity index (χ4n) is 2.50. The number of fused-ring (bicyclic) bond motifs is 1. The van der Waals surface area contributed by atoms with Crippen molar-refractivity contribution in [2.24, 2.45) is 0 Å². The third-order valence-corrected chi connectivity index (χ3v) is 3.69. The third kappa shape index (κ3) is 2.44. The van der Waals surface area contributed by atoms with Crippen LogP contribution in [-0.4, -0.2) is 4.98 Å². The van der Waals surface area contributed by atoms with Crippen LogP contribution in [0.4, 0.5) is 0 Å². The van der Waals surface area contributed by atoms with E-state index >= 15 is 0 Å². The smallest absolute Gasteiger partial charge is 0.349 e. The van der Waals surface area contributed by atoms with Crippen LogP contribution >= 0.6 is 0 Å². The Morgan fingerprint density at radius 1 is 0.957 bits per heavy atom. The number of oxazole rings is 1. The van der Waals surface area contributed by atoms with Crippen molar-refractivity contribution < 1.29 is 8.83 Å². The van der Waals surface area contributed by atoms with Crippen LogP contribution in [0.15, 0.2) is 74.4 Å². The van der Waals surface area contributed by atoms with Gasteiger partial charge >= 0.3 is 5.63 Å². The molecule has 0 aliphatic carbocycles. The molecule has 0 unspecified atom stereocenters. The molecule has 0 saturated heterocycles. The summed E-state index contributed by atoms with van der Waals surface area (Å²) in [5.74, 6) is 0.879. The lowest BCUT2D eigenvalue weighted by molar-refractivity contribution is 0.548. The maximum absolute atomic E-state index is 12.2. The van der Waals surface area contributed by atoms with E-state index in [2.05, 4.69) is 4.98 Å². The summed E-state index contributed by atoms with van der Waals surface area (Å²) in [6.07, 6.45) is 1.61. The first-order valence-corrected chi connectivity index (χ1v) is 7.27. The highest BCUT2D eigenvalue weighted by atomic mass is 16.4. The first-order chi connectivity index (χ1) is 11.2. The van der Waals surface area contributed by atoms with Gasteiger partial charge in [-0.1, -0.05) is 42.5 Å². The predicted octanol–water partition coefficient (Wildman–Crippen LogP) is 4.42. The van der Waals surface area contributed by atoms with Crippen molar-refractivity contribution in [3.63, 3.8) is 0 Å². The molecule has 4 aromatic rings. The Kier molecular flexibility index (Phi) is 3.08. The normalized spacial score (nSPS) is 11.0. The van der Waals surface area contributed by atoms with Crippen LogP contribution in [0.3, 0.4) is 0 Å². The zero-order valence-corrected chi connectivity index (χ0v) is 12.4. The summed E-state index contributed by atoms with van der Waals surface area (Å²) in [6, 6.07) is 17.1. The summed E-state index contributed by atoms with van der Waals surface area (Å²) in [6.45, 7) is 1.95. The highest BCUT2D eigenvalue weighted by Crippen LogP contribution is 2.26. The second-order valence-corrected chi connectivity index (χ2v) is 5.38. The summed E-state index contributed by atoms with van der Waals surface area (Å²) in [5.41, 5.74) is 2.38. The Labute approximate surface area is 132 Å². The lowest BCUT2D eigenvalue weighted by atomic mass is 10.1. The van der Waals surface area contributed by atoms with Gasteiger partial charge in [0.25, 0.3) is 0 Å². The summed E-state index contributed by atoms with van der Waals surface area (Å²) >= 11 is 0. The molecule has 4 heteroatoms. The van der Waals surface area contributed by atoms with Gasteiger partial charge in [0, 0.05) is 10.9 Å². The van der Waals surface area contributed by atoms with Gasteiger partial charge < -0.3 is 8.83 Å². The van der Waals surface area contributed by atoms with Crippen LogP contribution in [0.2, 0.25) is 0 Å². The van der Waals surface area contributed by atoms with Crippen molar-refractivity contribution in [3.8, 4) is 22.8 Å². The van der Waals surface area contributed by atoms with Gasteiger partial charge in [-0.05, 0) is 24.6 Å². The fraction of sp³-hybridized carbons (Fsp3) is 0.0526. The lowest BCUT2D eigenvalue weighted by Gasteiger charge is -2.00. The van der Waals surface area contributed by atoms with Crippen LogP contribution in [0.1, 0.15) is 5.56 Å². The first kappa shape index (κ1) is 13.5. The molecular weight excluding hydrogens is 290 g/mol. The SMILES string of the molecule is Cc1ccc2cc(-c3ncc(-c4ccccc4)o3)c(=O)oc2c1. The molecule has 0 amide bonds. The number of aryl methyl sites for hydroxylation is 1. The van der Waals surface area contributed by atoms with E-state index in [0.717, 1.165) is 16.5 Å². The van der Waals surface area contributed by atoms with Crippen LogP contribution in [0.5, 0.6) is 0 Å². The second-order valence-electron chi connectivity index (χ2n) is 5.38. The summed E-state index contributed by atoms with van der Waals surface area (Å²) < 4.78 is 11.1. The maximum atomic E-state index is 12.2. The van der Waals surface area contributed by atoms with Gasteiger partial charge in [-0.2, -0.15) is 0 Å². The molecule has 2 heterocycles. The van der Waals surface area contributed by atoms with Crippen molar-refractivity contribution in [2.45, 2.75) is 6.92 Å². The van der Waals surface area contributed by atoms with Crippen LogP contribution in [0.25, 0.3) is 33.7 Å². The van der Waals surface area contributed by atoms with E-state index in [1.165, 1.54) is 0 Å². The number of hydrogen-bond donors (Lipinski definition) is 0. The van der Waals surface area contributed by atoms with E-state index in [1.807, 2.05) is 55.5 Å². The van der Waals surface area contributed by atoms with E-state index < -0.39 is 5.63 Å². The van der Waals surface area contributed by atoms with Crippen molar-refractivity contribution in [1.29, 1.82) is 0 Å². The topological polar surface area (TPSA) is 56.2 Å². The minimum atomic E-state index is -0.454. The van der Waals surface area contributed by atoms with E-state index in [0.29, 0.717) is 16.9 Å². The van der Waals surface area contributed by atoms with Crippen molar-refractivity contribution >= 4 is 11.0 Å². The van der Waals surface area contributed by atoms with E-state index in [-0.39, 0.29) is 5.89 Å². The molecule has 4 nitrogen and oxygen atoms in total. The fourth-order valence-corrected chi connectivity index (χ4v) is 2.50. The molecule has 0 atom stereocenters. The van der Waals surface area contributed by atoms with Gasteiger partial charge in [-0.25, -0.2) is 9.78 Å². The predicted molar refractivity (Wildman–Crippen MR) is 88.2 cm³/mol. The monoisotopic (exact) mass is 303 g/mol. The molecule has 0 spiro atoms. The van der Waals surface area contributed by atoms with Gasteiger partial charge in [0.1, 0.15) is 11.1 Å². The zero-order valence-electron chi connectivity index (χ0n) is 12.4. The first-order valence-electron chi connectivity index (χ1n) is 7.27. The molecule has 112 valence electrons. The Morgan fingerprint density at radius 2 is 1.78 bits per heavy atom. The van der Waals surface area contributed by atoms with E-state index in [1.54, 1.807) is 12.3 Å². The van der Waals surface area contributed by atoms with E-state index in [4.69, 9.17) is 8.83 Å². The number of benzene rings is 2. The largest absolute Gasteiger partial charge is 0.436 e. The van der Waals surface area contributed by atoms with Crippen molar-refractivity contribution in [2.75, 3.05) is 0 Å². The summed E-state index contributed by atoms with van der Waals surface area (Å²) in [7, 11) is 0. The standard InChI is InChI=1S/C19H13NO3/c1-12-7-8-14-10-15(19(21)23-16(14)9-12)18-20-11-17(22-18)13-5-3-2-4-6-13/h2-11H,1H3. The molecular formula is C19H13NO3. The maximum Gasteiger partial charge on any atom is 0.349 e. The number of aromatic nitrogens is 1. The highest BCUT2D eigenvalue weighted by Gasteiger charge is 2.14. The molecule has 2 aromatic heterocycles. The minimum Gasteiger partial charge on any atom is -0.436 e. The van der Waals surface area contributed by atoms with Crippen LogP contribution in [-0.2, 0) is 0 Å². The van der Waals surface area contributed by atoms with E-state index in [9.17, 15) is 4.79 Å². The van der Waals surface area contributed by atoms with Gasteiger partial charge in [0.15, 0.2) is 5.76 Å². The quantitative estimate of drug-likeness (QED) is 0.514. The molecule has 2 aromatic carbocycles. The number of hydrogen-bond acceptors (Lipinski definition) is 4. The Balaban J connectivity index is 1.83. The molecule has 0 bridgehead atoms. The Morgan fingerprint density at radius 3 is 2.61 bits per heavy atom. The second kappa shape index (κ2) is 5.25. The molecule has 0 N–H and O–H groups in total. The third-order valence-electron chi connectivity index (χ3n) is 3.69. The summed E-state index contributed by atoms with van der Waals surface area (Å²) in [5, 5.41) is 0.838. The Bertz CT molecular complexity index is 1050. The van der Waals surface area contributed by atoms with Gasteiger partial charge in [0.05, 0.1) is 6.20 Å². The minimum absolute atomic E-state index is 0.264. The Hall–Kier alpha value is -3.14. The van der Waals surface area contributed by atoms with Gasteiger partial charge in [-0.3, -0.25) is 0 Å². The average molecular weight is 303 g/mol. The molecule has 0 aliphatic heterocycles. The molecule has 0 aliphatic rings. The van der Waals surface area contributed by atoms with Gasteiger partial charge in [-0.15, -0.1) is 0 Å². The average Bonchev–Trinajstić information content (AvgIpc) is 3.05. The lowest BCUT2D eigenvalue weighted by Crippen LogP contribution is -2.02. The van der Waals surface area contributed by atoms with Crippen LogP contribution in [0, 0.1) is 6.92 Å². The van der Waals surface area contributed by atoms with Gasteiger partial charge in [0.2, 0.25) is 5.89 Å². The molecule has 0 radical (unpaired) electrons. The zero-order chi connectivity index (χ0) is 15.8. The molecule has 0 fully saturated rings. The van der Waals surface area contributed by atoms with Crippen LogP contribution < -0.4 is 5.63 Å². The van der Waals surface area contributed by atoms with Crippen molar-refractivity contribution in [3.05, 3.63) is 76.8 Å². The number of rotatable bonds is 2. The summed E-state index contributed by atoms with van der Waals surface area (Å²) in [4.78, 5) is 16.4.